The lowest BCUT2D eigenvalue weighted by molar-refractivity contribution is 0.0474. The molecule has 30 heavy (non-hydrogen) atoms. The number of hydrogen-bond donors (Lipinski definition) is 0. The number of carbonyl (C=O) groups excluding carboxylic acids is 2. The van der Waals surface area contributed by atoms with Gasteiger partial charge >= 0.3 is 5.97 Å². The standard InChI is InChI=1S/C24H24N2O4/c1-3-26-13-12-21-19(14-26)23(18-6-4-5-7-20(18)25-21)24(28)30-15-22(27)16-8-10-17(29-2)11-9-16/h4-11H,3,12-15H2,1-2H3. The lowest BCUT2D eigenvalue weighted by Gasteiger charge is -2.28. The van der Waals surface area contributed by atoms with Gasteiger partial charge in [0, 0.05) is 41.7 Å². The normalized spacial score (nSPS) is 13.7. The number of esters is 1. The number of benzene rings is 2. The average Bonchev–Trinajstić information content (AvgIpc) is 2.80. The Morgan fingerprint density at radius 2 is 1.87 bits per heavy atom. The molecule has 0 saturated heterocycles. The van der Waals surface area contributed by atoms with Gasteiger partial charge in [-0.3, -0.25) is 14.7 Å². The minimum Gasteiger partial charge on any atom is -0.497 e. The first kappa shape index (κ1) is 20.0. The summed E-state index contributed by atoms with van der Waals surface area (Å²) in [5, 5.41) is 0.760. The van der Waals surface area contributed by atoms with Gasteiger partial charge in [-0.25, -0.2) is 4.79 Å². The van der Waals surface area contributed by atoms with Crippen LogP contribution in [0.2, 0.25) is 0 Å². The zero-order valence-corrected chi connectivity index (χ0v) is 17.2. The Bertz CT molecular complexity index is 1090. The average molecular weight is 404 g/mol. The van der Waals surface area contributed by atoms with Gasteiger partial charge < -0.3 is 9.47 Å². The van der Waals surface area contributed by atoms with E-state index in [1.807, 2.05) is 24.3 Å². The number of ketones is 1. The van der Waals surface area contributed by atoms with E-state index in [1.165, 1.54) is 0 Å². The summed E-state index contributed by atoms with van der Waals surface area (Å²) in [5.74, 6) is -0.0722. The predicted octanol–water partition coefficient (Wildman–Crippen LogP) is 3.66. The van der Waals surface area contributed by atoms with Crippen LogP contribution in [0.3, 0.4) is 0 Å². The van der Waals surface area contributed by atoms with E-state index in [1.54, 1.807) is 31.4 Å². The number of nitrogens with zero attached hydrogens (tertiary/aromatic N) is 2. The van der Waals surface area contributed by atoms with E-state index in [4.69, 9.17) is 14.5 Å². The van der Waals surface area contributed by atoms with Crippen molar-refractivity contribution in [1.29, 1.82) is 0 Å². The molecule has 0 spiro atoms. The van der Waals surface area contributed by atoms with Crippen molar-refractivity contribution in [1.82, 2.24) is 9.88 Å². The molecule has 0 bridgehead atoms. The number of pyridine rings is 1. The van der Waals surface area contributed by atoms with E-state index in [0.717, 1.165) is 41.7 Å². The summed E-state index contributed by atoms with van der Waals surface area (Å²) in [5.41, 5.74) is 3.61. The van der Waals surface area contributed by atoms with Gasteiger partial charge in [0.15, 0.2) is 12.4 Å². The van der Waals surface area contributed by atoms with Gasteiger partial charge in [-0.15, -0.1) is 0 Å². The number of hydrogen-bond acceptors (Lipinski definition) is 6. The molecule has 0 N–H and O–H groups in total. The van der Waals surface area contributed by atoms with E-state index >= 15 is 0 Å². The van der Waals surface area contributed by atoms with Gasteiger partial charge in [0.25, 0.3) is 0 Å². The molecule has 0 fully saturated rings. The van der Waals surface area contributed by atoms with Gasteiger partial charge in [-0.05, 0) is 36.9 Å². The molecule has 1 aromatic heterocycles. The fourth-order valence-electron chi connectivity index (χ4n) is 3.81. The highest BCUT2D eigenvalue weighted by molar-refractivity contribution is 6.06. The topological polar surface area (TPSA) is 68.7 Å². The summed E-state index contributed by atoms with van der Waals surface area (Å²) in [6.07, 6.45) is 0.791. The van der Waals surface area contributed by atoms with Gasteiger partial charge in [-0.1, -0.05) is 25.1 Å². The van der Waals surface area contributed by atoms with Crippen molar-refractivity contribution in [2.75, 3.05) is 26.8 Å². The van der Waals surface area contributed by atoms with E-state index in [0.29, 0.717) is 23.4 Å². The van der Waals surface area contributed by atoms with Crippen LogP contribution in [0.4, 0.5) is 0 Å². The number of methoxy groups -OCH3 is 1. The van der Waals surface area contributed by atoms with Crippen molar-refractivity contribution in [3.63, 3.8) is 0 Å². The third-order valence-electron chi connectivity index (χ3n) is 5.52. The molecule has 4 rings (SSSR count). The van der Waals surface area contributed by atoms with Crippen LogP contribution in [0.1, 0.15) is 38.9 Å². The quantitative estimate of drug-likeness (QED) is 0.461. The highest BCUT2D eigenvalue weighted by Crippen LogP contribution is 2.28. The maximum Gasteiger partial charge on any atom is 0.339 e. The van der Waals surface area contributed by atoms with E-state index in [9.17, 15) is 9.59 Å². The van der Waals surface area contributed by atoms with Crippen LogP contribution in [-0.4, -0.2) is 48.4 Å². The van der Waals surface area contributed by atoms with Crippen LogP contribution in [0.15, 0.2) is 48.5 Å². The molecule has 2 heterocycles. The number of carbonyl (C=O) groups is 2. The zero-order valence-electron chi connectivity index (χ0n) is 17.2. The summed E-state index contributed by atoms with van der Waals surface area (Å²) in [6, 6.07) is 14.3. The molecule has 6 nitrogen and oxygen atoms in total. The van der Waals surface area contributed by atoms with Crippen LogP contribution < -0.4 is 4.74 Å². The highest BCUT2D eigenvalue weighted by atomic mass is 16.5. The number of fused-ring (bicyclic) bond motifs is 2. The van der Waals surface area contributed by atoms with Gasteiger partial charge in [-0.2, -0.15) is 0 Å². The van der Waals surface area contributed by atoms with Crippen LogP contribution in [0.25, 0.3) is 10.9 Å². The van der Waals surface area contributed by atoms with Crippen molar-refractivity contribution >= 4 is 22.7 Å². The van der Waals surface area contributed by atoms with Gasteiger partial charge in [0.1, 0.15) is 5.75 Å². The fourth-order valence-corrected chi connectivity index (χ4v) is 3.81. The Balaban J connectivity index is 1.61. The maximum atomic E-state index is 13.1. The monoisotopic (exact) mass is 404 g/mol. The molecule has 0 unspecified atom stereocenters. The molecule has 3 aromatic rings. The molecular formula is C24H24N2O4. The molecule has 0 radical (unpaired) electrons. The zero-order chi connectivity index (χ0) is 21.1. The summed E-state index contributed by atoms with van der Waals surface area (Å²) >= 11 is 0. The number of ether oxygens (including phenoxy) is 2. The fraction of sp³-hybridized carbons (Fsp3) is 0.292. The third kappa shape index (κ3) is 3.91. The largest absolute Gasteiger partial charge is 0.497 e. The lowest BCUT2D eigenvalue weighted by Crippen LogP contribution is -2.32. The third-order valence-corrected chi connectivity index (χ3v) is 5.52. The van der Waals surface area contributed by atoms with Gasteiger partial charge in [0.05, 0.1) is 18.2 Å². The molecule has 0 aliphatic carbocycles. The molecule has 0 saturated carbocycles. The second-order valence-corrected chi connectivity index (χ2v) is 7.28. The van der Waals surface area contributed by atoms with E-state index in [2.05, 4.69) is 11.8 Å². The molecule has 0 amide bonds. The molecule has 0 atom stereocenters. The Morgan fingerprint density at radius 1 is 1.10 bits per heavy atom. The van der Waals surface area contributed by atoms with E-state index in [-0.39, 0.29) is 12.4 Å². The molecular weight excluding hydrogens is 380 g/mol. The summed E-state index contributed by atoms with van der Waals surface area (Å²) in [4.78, 5) is 32.7. The number of aromatic nitrogens is 1. The number of rotatable bonds is 6. The summed E-state index contributed by atoms with van der Waals surface area (Å²) in [7, 11) is 1.57. The number of para-hydroxylation sites is 1. The first-order valence-electron chi connectivity index (χ1n) is 10.1. The maximum absolute atomic E-state index is 13.1. The Labute approximate surface area is 175 Å². The van der Waals surface area contributed by atoms with Crippen molar-refractivity contribution in [3.8, 4) is 5.75 Å². The van der Waals surface area contributed by atoms with E-state index < -0.39 is 5.97 Å². The number of likely N-dealkylation sites (N-methyl/N-ethyl adjacent to an activating group) is 1. The van der Waals surface area contributed by atoms with Crippen LogP contribution >= 0.6 is 0 Å². The SMILES string of the molecule is CCN1CCc2nc3ccccc3c(C(=O)OCC(=O)c3ccc(OC)cc3)c2C1. The van der Waals surface area contributed by atoms with Crippen LogP contribution in [0, 0.1) is 0 Å². The van der Waals surface area contributed by atoms with Crippen LogP contribution in [0.5, 0.6) is 5.75 Å². The minimum atomic E-state index is -0.482. The summed E-state index contributed by atoms with van der Waals surface area (Å²) < 4.78 is 10.6. The van der Waals surface area contributed by atoms with Crippen molar-refractivity contribution < 1.29 is 19.1 Å². The highest BCUT2D eigenvalue weighted by Gasteiger charge is 2.26. The second-order valence-electron chi connectivity index (χ2n) is 7.28. The number of Topliss-reactive ketones (excluding diaryl/α,β-unsaturated/α-hetero) is 1. The smallest absolute Gasteiger partial charge is 0.339 e. The Hall–Kier alpha value is -3.25. The van der Waals surface area contributed by atoms with Crippen molar-refractivity contribution in [2.24, 2.45) is 0 Å². The molecule has 1 aliphatic rings. The molecule has 2 aromatic carbocycles. The van der Waals surface area contributed by atoms with Crippen LogP contribution in [-0.2, 0) is 17.7 Å². The molecule has 1 aliphatic heterocycles. The Kier molecular flexibility index (Phi) is 5.77. The first-order chi connectivity index (χ1) is 14.6. The predicted molar refractivity (Wildman–Crippen MR) is 114 cm³/mol. The minimum absolute atomic E-state index is 0.256. The Morgan fingerprint density at radius 3 is 2.60 bits per heavy atom. The van der Waals surface area contributed by atoms with Crippen molar-refractivity contribution in [2.45, 2.75) is 19.9 Å². The lowest BCUT2D eigenvalue weighted by atomic mass is 9.96. The molecule has 6 heteroatoms. The van der Waals surface area contributed by atoms with Crippen molar-refractivity contribution in [3.05, 3.63) is 70.9 Å². The first-order valence-corrected chi connectivity index (χ1v) is 10.1. The van der Waals surface area contributed by atoms with Gasteiger partial charge in [0.2, 0.25) is 0 Å². The second kappa shape index (κ2) is 8.63. The summed E-state index contributed by atoms with van der Waals surface area (Å²) in [6.45, 7) is 4.26. The molecule has 154 valence electrons.